The molecule has 0 N–H and O–H groups in total. The van der Waals surface area contributed by atoms with E-state index in [9.17, 15) is 14.9 Å². The van der Waals surface area contributed by atoms with E-state index in [0.717, 1.165) is 17.8 Å². The van der Waals surface area contributed by atoms with Crippen molar-refractivity contribution >= 4 is 45.3 Å². The van der Waals surface area contributed by atoms with Crippen LogP contribution in [-0.2, 0) is 37.9 Å². The predicted octanol–water partition coefficient (Wildman–Crippen LogP) is 7.55. The number of carbonyl (C=O) groups excluding carboxylic acids is 2. The van der Waals surface area contributed by atoms with Crippen molar-refractivity contribution in [2.24, 2.45) is 10.2 Å². The molecule has 0 amide bonds. The van der Waals surface area contributed by atoms with E-state index < -0.39 is 11.9 Å². The molecular weight excluding hydrogens is 755 g/mol. The summed E-state index contributed by atoms with van der Waals surface area (Å²) in [6.07, 6.45) is -0.133. The minimum Gasteiger partial charge on any atom is -0.465 e. The van der Waals surface area contributed by atoms with Crippen LogP contribution in [0.1, 0.15) is 57.5 Å². The van der Waals surface area contributed by atoms with Crippen LogP contribution >= 0.6 is 11.3 Å². The van der Waals surface area contributed by atoms with Gasteiger partial charge in [-0.15, -0.1) is 11.3 Å². The number of ether oxygens (including phenoxy) is 8. The summed E-state index contributed by atoms with van der Waals surface area (Å²) in [5, 5.41) is 18.5. The van der Waals surface area contributed by atoms with Crippen LogP contribution in [0.4, 0.5) is 22.1 Å². The molecule has 16 heteroatoms. The number of anilines is 1. The fourth-order valence-corrected chi connectivity index (χ4v) is 6.08. The molecule has 57 heavy (non-hydrogen) atoms. The zero-order chi connectivity index (χ0) is 41.4. The molecule has 0 saturated carbocycles. The normalized spacial score (nSPS) is 11.7. The lowest BCUT2D eigenvalue weighted by molar-refractivity contribution is -0.0538. The first-order valence-corrected chi connectivity index (χ1v) is 19.5. The minimum absolute atomic E-state index is 0.0350. The number of nitriles is 1. The second kappa shape index (κ2) is 26.2. The smallest absolute Gasteiger partial charge is 0.339 e. The molecular formula is C41H53N5O10S. The molecule has 3 aromatic rings. The summed E-state index contributed by atoms with van der Waals surface area (Å²) in [6, 6.07) is 14.4. The number of likely N-dealkylation sites (N-methyl/N-ethyl adjacent to an activating group) is 1. The molecule has 0 spiro atoms. The highest BCUT2D eigenvalue weighted by atomic mass is 32.1. The maximum Gasteiger partial charge on any atom is 0.339 e. The number of carbonyl (C=O) groups is 2. The van der Waals surface area contributed by atoms with Gasteiger partial charge in [-0.25, -0.2) is 14.4 Å². The Kier molecular flexibility index (Phi) is 21.4. The van der Waals surface area contributed by atoms with Gasteiger partial charge in [-0.2, -0.15) is 15.5 Å². The summed E-state index contributed by atoms with van der Waals surface area (Å²) in [6.45, 7) is 22.4. The van der Waals surface area contributed by atoms with E-state index in [1.807, 2.05) is 32.9 Å². The summed E-state index contributed by atoms with van der Waals surface area (Å²) in [5.41, 5.74) is 3.90. The van der Waals surface area contributed by atoms with Gasteiger partial charge in [0.2, 0.25) is 5.69 Å². The van der Waals surface area contributed by atoms with E-state index in [1.165, 1.54) is 30.6 Å². The van der Waals surface area contributed by atoms with Crippen molar-refractivity contribution in [3.8, 4) is 6.07 Å². The standard InChI is InChI=1S/C41H53N5O10S/c1-8-46(32-13-14-36(30(4)25-32)44-45-39-38(43-6)31(5)37(26-42)57-39)27-33(28-56-29(2)3)54-23-21-52-19-17-50-15-16-51-18-20-53-22-24-55-41(48)35-12-10-9-11-34(35)40(47)49-7/h9-14,25,29,33H,8,15-24,27-28H2,1-5,7H3. The first-order valence-electron chi connectivity index (χ1n) is 18.7. The molecule has 2 aromatic carbocycles. The van der Waals surface area contributed by atoms with Crippen molar-refractivity contribution in [3.05, 3.63) is 81.0 Å². The van der Waals surface area contributed by atoms with Gasteiger partial charge in [0.25, 0.3) is 0 Å². The van der Waals surface area contributed by atoms with E-state index >= 15 is 0 Å². The second-order valence-corrected chi connectivity index (χ2v) is 13.6. The van der Waals surface area contributed by atoms with Gasteiger partial charge >= 0.3 is 11.9 Å². The number of aryl methyl sites for hydroxylation is 1. The molecule has 0 fully saturated rings. The molecule has 1 aromatic heterocycles. The average Bonchev–Trinajstić information content (AvgIpc) is 3.53. The summed E-state index contributed by atoms with van der Waals surface area (Å²) >= 11 is 1.17. The molecule has 0 aliphatic carbocycles. The Labute approximate surface area is 339 Å². The lowest BCUT2D eigenvalue weighted by Gasteiger charge is -2.29. The van der Waals surface area contributed by atoms with Crippen LogP contribution in [0.15, 0.2) is 52.7 Å². The lowest BCUT2D eigenvalue weighted by atomic mass is 10.1. The van der Waals surface area contributed by atoms with Crippen molar-refractivity contribution in [3.63, 3.8) is 0 Å². The van der Waals surface area contributed by atoms with Crippen LogP contribution < -0.4 is 4.90 Å². The van der Waals surface area contributed by atoms with Gasteiger partial charge in [0.15, 0.2) is 0 Å². The van der Waals surface area contributed by atoms with Gasteiger partial charge in [0.05, 0.1) is 114 Å². The number of esters is 2. The van der Waals surface area contributed by atoms with Crippen molar-refractivity contribution in [1.82, 2.24) is 0 Å². The van der Waals surface area contributed by atoms with Crippen LogP contribution in [-0.4, -0.2) is 117 Å². The maximum atomic E-state index is 12.3. The van der Waals surface area contributed by atoms with Crippen LogP contribution in [0.25, 0.3) is 4.85 Å². The lowest BCUT2D eigenvalue weighted by Crippen LogP contribution is -2.38. The van der Waals surface area contributed by atoms with Gasteiger partial charge < -0.3 is 42.8 Å². The zero-order valence-corrected chi connectivity index (χ0v) is 34.4. The Morgan fingerprint density at radius 3 is 2.00 bits per heavy atom. The quantitative estimate of drug-likeness (QED) is 0.0322. The average molecular weight is 808 g/mol. The number of thiophene rings is 1. The van der Waals surface area contributed by atoms with Gasteiger partial charge in [0.1, 0.15) is 17.7 Å². The number of nitrogens with zero attached hydrogens (tertiary/aromatic N) is 5. The molecule has 3 rings (SSSR count). The Morgan fingerprint density at radius 2 is 1.46 bits per heavy atom. The Hall–Kier alpha value is -4.78. The van der Waals surface area contributed by atoms with Crippen LogP contribution in [0.2, 0.25) is 0 Å². The van der Waals surface area contributed by atoms with E-state index in [1.54, 1.807) is 19.1 Å². The van der Waals surface area contributed by atoms with Crippen LogP contribution in [0, 0.1) is 31.8 Å². The summed E-state index contributed by atoms with van der Waals surface area (Å²) in [5.74, 6) is -1.23. The fourth-order valence-electron chi connectivity index (χ4n) is 5.22. The Balaban J connectivity index is 1.29. The first-order chi connectivity index (χ1) is 27.6. The summed E-state index contributed by atoms with van der Waals surface area (Å²) in [7, 11) is 1.25. The van der Waals surface area contributed by atoms with Crippen molar-refractivity contribution in [1.29, 1.82) is 5.26 Å². The van der Waals surface area contributed by atoms with Gasteiger partial charge in [-0.1, -0.05) is 12.1 Å². The van der Waals surface area contributed by atoms with Crippen molar-refractivity contribution in [2.45, 2.75) is 46.8 Å². The second-order valence-electron chi connectivity index (χ2n) is 12.6. The zero-order valence-electron chi connectivity index (χ0n) is 33.6. The molecule has 15 nitrogen and oxygen atoms in total. The van der Waals surface area contributed by atoms with Crippen molar-refractivity contribution in [2.75, 3.05) is 97.8 Å². The third-order valence-electron chi connectivity index (χ3n) is 8.24. The van der Waals surface area contributed by atoms with E-state index in [0.29, 0.717) is 92.8 Å². The monoisotopic (exact) mass is 807 g/mol. The molecule has 1 atom stereocenters. The third-order valence-corrected chi connectivity index (χ3v) is 9.31. The fraction of sp³-hybridized carbons (Fsp3) is 0.512. The topological polar surface area (TPSA) is 164 Å². The van der Waals surface area contributed by atoms with Crippen LogP contribution in [0.5, 0.6) is 0 Å². The molecule has 1 heterocycles. The van der Waals surface area contributed by atoms with E-state index in [2.05, 4.69) is 39.0 Å². The number of azo groups is 1. The Morgan fingerprint density at radius 1 is 0.860 bits per heavy atom. The van der Waals surface area contributed by atoms with E-state index in [4.69, 9.17) is 44.5 Å². The number of rotatable bonds is 27. The first kappa shape index (κ1) is 46.6. The highest BCUT2D eigenvalue weighted by molar-refractivity contribution is 7.17. The number of benzene rings is 2. The van der Waals surface area contributed by atoms with Gasteiger partial charge in [0, 0.05) is 18.8 Å². The summed E-state index contributed by atoms with van der Waals surface area (Å²) < 4.78 is 44.3. The maximum absolute atomic E-state index is 12.3. The largest absolute Gasteiger partial charge is 0.465 e. The molecule has 308 valence electrons. The molecule has 1 unspecified atom stereocenters. The number of hydrogen-bond acceptors (Lipinski definition) is 15. The molecule has 0 radical (unpaired) electrons. The SMILES string of the molecule is [C-]#[N+]c1c(N=Nc2ccc(N(CC)CC(COC(C)C)OCCOCCOCCOCCOCCOC(=O)c3ccccc3C(=O)OC)cc2C)sc(C#N)c1C. The molecule has 0 aliphatic rings. The van der Waals surface area contributed by atoms with Gasteiger partial charge in [-0.3, -0.25) is 0 Å². The molecule has 0 saturated heterocycles. The van der Waals surface area contributed by atoms with Crippen molar-refractivity contribution < 1.29 is 47.5 Å². The minimum atomic E-state index is -0.624. The van der Waals surface area contributed by atoms with E-state index in [-0.39, 0.29) is 36.5 Å². The molecule has 0 bridgehead atoms. The number of hydrogen-bond donors (Lipinski definition) is 0. The Bertz CT molecular complexity index is 1820. The molecule has 0 aliphatic heterocycles. The number of methoxy groups -OCH3 is 1. The highest BCUT2D eigenvalue weighted by Gasteiger charge is 2.19. The van der Waals surface area contributed by atoms with Crippen LogP contribution in [0.3, 0.4) is 0 Å². The third kappa shape index (κ3) is 15.9. The van der Waals surface area contributed by atoms with Gasteiger partial charge in [-0.05, 0) is 76.1 Å². The predicted molar refractivity (Wildman–Crippen MR) is 215 cm³/mol. The highest BCUT2D eigenvalue weighted by Crippen LogP contribution is 2.42. The summed E-state index contributed by atoms with van der Waals surface area (Å²) in [4.78, 5) is 30.4.